The van der Waals surface area contributed by atoms with Gasteiger partial charge in [0.25, 0.3) is 0 Å². The summed E-state index contributed by atoms with van der Waals surface area (Å²) in [5.74, 6) is 1.05. The summed E-state index contributed by atoms with van der Waals surface area (Å²) in [4.78, 5) is 9.03. The minimum atomic E-state index is -1.23. The van der Waals surface area contributed by atoms with Crippen molar-refractivity contribution in [1.82, 2.24) is 4.98 Å². The van der Waals surface area contributed by atoms with E-state index >= 15 is 0 Å². The maximum Gasteiger partial charge on any atom is 0.158 e. The molecule has 0 aliphatic carbocycles. The van der Waals surface area contributed by atoms with Gasteiger partial charge in [0.2, 0.25) is 0 Å². The number of rotatable bonds is 2. The minimum absolute atomic E-state index is 0.860. The van der Waals surface area contributed by atoms with Crippen LogP contribution in [0, 0.1) is 0 Å². The van der Waals surface area contributed by atoms with Crippen LogP contribution in [0.4, 0.5) is 17.2 Å². The second-order valence-corrected chi connectivity index (χ2v) is 11.5. The highest BCUT2D eigenvalue weighted by Crippen LogP contribution is 2.37. The van der Waals surface area contributed by atoms with Crippen LogP contribution in [0.15, 0.2) is 42.6 Å². The number of benzene rings is 1. The van der Waals surface area contributed by atoms with Gasteiger partial charge in [-0.2, -0.15) is 0 Å². The first-order valence-electron chi connectivity index (χ1n) is 7.01. The smallest absolute Gasteiger partial charge is 0.158 e. The number of anilines is 3. The second-order valence-electron chi connectivity index (χ2n) is 6.41. The van der Waals surface area contributed by atoms with Crippen molar-refractivity contribution in [3.63, 3.8) is 0 Å². The lowest BCUT2D eigenvalue weighted by Crippen LogP contribution is -2.37. The Morgan fingerprint density at radius 3 is 2.40 bits per heavy atom. The Labute approximate surface area is 121 Å². The predicted octanol–water partition coefficient (Wildman–Crippen LogP) is 3.17. The molecule has 1 aromatic carbocycles. The highest BCUT2D eigenvalue weighted by atomic mass is 28.3. The third-order valence-electron chi connectivity index (χ3n) is 3.83. The standard InChI is InChI=1S/C16H21N3Si/c1-18-12-19(16-15(18)6-5-11-17-16)13-7-9-14(10-8-13)20(2,3)4/h5-11H,12H2,1-4H3. The van der Waals surface area contributed by atoms with Gasteiger partial charge in [-0.05, 0) is 24.3 Å². The van der Waals surface area contributed by atoms with Gasteiger partial charge in [-0.15, -0.1) is 0 Å². The number of pyridine rings is 1. The fourth-order valence-corrected chi connectivity index (χ4v) is 3.76. The van der Waals surface area contributed by atoms with E-state index in [0.717, 1.165) is 12.5 Å². The molecule has 2 heterocycles. The molecule has 0 N–H and O–H groups in total. The van der Waals surface area contributed by atoms with E-state index < -0.39 is 8.07 Å². The van der Waals surface area contributed by atoms with Crippen LogP contribution in [0.3, 0.4) is 0 Å². The lowest BCUT2D eigenvalue weighted by Gasteiger charge is -2.21. The number of hydrogen-bond acceptors (Lipinski definition) is 3. The van der Waals surface area contributed by atoms with Crippen LogP contribution >= 0.6 is 0 Å². The topological polar surface area (TPSA) is 19.4 Å². The maximum absolute atomic E-state index is 4.53. The number of nitrogens with zero attached hydrogens (tertiary/aromatic N) is 3. The third kappa shape index (κ3) is 2.20. The first-order valence-corrected chi connectivity index (χ1v) is 10.5. The molecule has 0 unspecified atom stereocenters. The SMILES string of the molecule is CN1CN(c2ccc([Si](C)(C)C)cc2)c2ncccc21. The Morgan fingerprint density at radius 1 is 1.05 bits per heavy atom. The molecule has 20 heavy (non-hydrogen) atoms. The van der Waals surface area contributed by atoms with Crippen molar-refractivity contribution in [2.75, 3.05) is 23.5 Å². The predicted molar refractivity (Wildman–Crippen MR) is 89.1 cm³/mol. The summed E-state index contributed by atoms with van der Waals surface area (Å²) in [7, 11) is 0.883. The molecule has 0 atom stereocenters. The average molecular weight is 283 g/mol. The van der Waals surface area contributed by atoms with Crippen molar-refractivity contribution in [3.8, 4) is 0 Å². The van der Waals surface area contributed by atoms with Crippen molar-refractivity contribution < 1.29 is 0 Å². The second kappa shape index (κ2) is 4.63. The summed E-state index contributed by atoms with van der Waals surface area (Å²) >= 11 is 0. The zero-order valence-electron chi connectivity index (χ0n) is 12.6. The third-order valence-corrected chi connectivity index (χ3v) is 5.90. The lowest BCUT2D eigenvalue weighted by molar-refractivity contribution is 0.944. The van der Waals surface area contributed by atoms with E-state index in [1.807, 2.05) is 12.3 Å². The molecule has 1 aliphatic heterocycles. The first-order chi connectivity index (χ1) is 9.47. The van der Waals surface area contributed by atoms with Gasteiger partial charge in [0, 0.05) is 18.9 Å². The summed E-state index contributed by atoms with van der Waals surface area (Å²) in [6, 6.07) is 13.1. The average Bonchev–Trinajstić information content (AvgIpc) is 2.76. The van der Waals surface area contributed by atoms with Gasteiger partial charge in [-0.3, -0.25) is 0 Å². The monoisotopic (exact) mass is 283 g/mol. The summed E-state index contributed by atoms with van der Waals surface area (Å²) in [6.07, 6.45) is 1.86. The van der Waals surface area contributed by atoms with Crippen LogP contribution in [0.1, 0.15) is 0 Å². The lowest BCUT2D eigenvalue weighted by atomic mass is 10.3. The zero-order chi connectivity index (χ0) is 14.3. The minimum Gasteiger partial charge on any atom is -0.354 e. The summed E-state index contributed by atoms with van der Waals surface area (Å²) in [5, 5.41) is 1.50. The molecular formula is C16H21N3Si. The molecule has 3 nitrogen and oxygen atoms in total. The Morgan fingerprint density at radius 2 is 1.75 bits per heavy atom. The quantitative estimate of drug-likeness (QED) is 0.789. The van der Waals surface area contributed by atoms with E-state index in [9.17, 15) is 0 Å². The molecule has 4 heteroatoms. The van der Waals surface area contributed by atoms with Crippen LogP contribution in [-0.4, -0.2) is 26.8 Å². The molecule has 3 rings (SSSR count). The van der Waals surface area contributed by atoms with E-state index in [1.165, 1.54) is 16.6 Å². The van der Waals surface area contributed by atoms with Gasteiger partial charge in [-0.25, -0.2) is 4.98 Å². The summed E-state index contributed by atoms with van der Waals surface area (Å²) in [5.41, 5.74) is 2.41. The largest absolute Gasteiger partial charge is 0.354 e. The highest BCUT2D eigenvalue weighted by molar-refractivity contribution is 6.88. The van der Waals surface area contributed by atoms with E-state index in [0.29, 0.717) is 0 Å². The van der Waals surface area contributed by atoms with Gasteiger partial charge in [0.15, 0.2) is 5.82 Å². The van der Waals surface area contributed by atoms with Gasteiger partial charge >= 0.3 is 0 Å². The van der Waals surface area contributed by atoms with E-state index in [2.05, 4.69) is 71.8 Å². The molecule has 2 aromatic rings. The molecule has 0 amide bonds. The van der Waals surface area contributed by atoms with Gasteiger partial charge in [0.05, 0.1) is 20.4 Å². The van der Waals surface area contributed by atoms with Crippen molar-refractivity contribution in [2.24, 2.45) is 0 Å². The van der Waals surface area contributed by atoms with Crippen LogP contribution < -0.4 is 15.0 Å². The van der Waals surface area contributed by atoms with Crippen LogP contribution in [-0.2, 0) is 0 Å². The van der Waals surface area contributed by atoms with Crippen LogP contribution in [0.2, 0.25) is 19.6 Å². The van der Waals surface area contributed by atoms with E-state index in [1.54, 1.807) is 0 Å². The Kier molecular flexibility index (Phi) is 3.05. The molecule has 0 radical (unpaired) electrons. The van der Waals surface area contributed by atoms with Crippen molar-refractivity contribution >= 4 is 30.5 Å². The summed E-state index contributed by atoms with van der Waals surface area (Å²) in [6.45, 7) is 7.99. The molecule has 0 spiro atoms. The highest BCUT2D eigenvalue weighted by Gasteiger charge is 2.25. The van der Waals surface area contributed by atoms with Gasteiger partial charge in [-0.1, -0.05) is 37.0 Å². The van der Waals surface area contributed by atoms with Gasteiger partial charge in [0.1, 0.15) is 0 Å². The molecule has 1 aromatic heterocycles. The van der Waals surface area contributed by atoms with Crippen molar-refractivity contribution in [2.45, 2.75) is 19.6 Å². The van der Waals surface area contributed by atoms with E-state index in [-0.39, 0.29) is 0 Å². The van der Waals surface area contributed by atoms with Crippen LogP contribution in [0.25, 0.3) is 0 Å². The number of fused-ring (bicyclic) bond motifs is 1. The molecule has 1 aliphatic rings. The molecular weight excluding hydrogens is 262 g/mol. The first kappa shape index (κ1) is 13.2. The zero-order valence-corrected chi connectivity index (χ0v) is 13.6. The fourth-order valence-electron chi connectivity index (χ4n) is 2.60. The molecule has 104 valence electrons. The van der Waals surface area contributed by atoms with E-state index in [4.69, 9.17) is 0 Å². The molecule has 0 fully saturated rings. The Bertz CT molecular complexity index is 616. The normalized spacial score (nSPS) is 14.6. The van der Waals surface area contributed by atoms with Crippen LogP contribution in [0.5, 0.6) is 0 Å². The molecule has 0 bridgehead atoms. The maximum atomic E-state index is 4.53. The molecule has 0 saturated heterocycles. The Balaban J connectivity index is 1.95. The van der Waals surface area contributed by atoms with Gasteiger partial charge < -0.3 is 9.80 Å². The number of hydrogen-bond donors (Lipinski definition) is 0. The Hall–Kier alpha value is -1.81. The fraction of sp³-hybridized carbons (Fsp3) is 0.312. The van der Waals surface area contributed by atoms with Crippen molar-refractivity contribution in [3.05, 3.63) is 42.6 Å². The molecule has 0 saturated carbocycles. The van der Waals surface area contributed by atoms with Crippen molar-refractivity contribution in [1.29, 1.82) is 0 Å². The number of aromatic nitrogens is 1. The summed E-state index contributed by atoms with van der Waals surface area (Å²) < 4.78 is 0.